The van der Waals surface area contributed by atoms with Crippen molar-refractivity contribution < 1.29 is 28.6 Å². The van der Waals surface area contributed by atoms with Crippen molar-refractivity contribution in [3.63, 3.8) is 0 Å². The zero-order valence-electron chi connectivity index (χ0n) is 19.6. The van der Waals surface area contributed by atoms with Crippen molar-refractivity contribution in [1.82, 2.24) is 0 Å². The molecule has 0 aliphatic carbocycles. The Morgan fingerprint density at radius 1 is 1.11 bits per heavy atom. The fraction of sp³-hybridized carbons (Fsp3) is 0.385. The lowest BCUT2D eigenvalue weighted by Gasteiger charge is -2.33. The second-order valence-electron chi connectivity index (χ2n) is 8.43. The van der Waals surface area contributed by atoms with Gasteiger partial charge in [0.2, 0.25) is 0 Å². The van der Waals surface area contributed by atoms with Crippen molar-refractivity contribution in [3.05, 3.63) is 64.1 Å². The number of hydrogen-bond donors (Lipinski definition) is 0. The maximum absolute atomic E-state index is 13.9. The van der Waals surface area contributed by atoms with E-state index in [1.54, 1.807) is 69.4 Å². The molecule has 0 radical (unpaired) electrons. The third kappa shape index (κ3) is 3.63. The van der Waals surface area contributed by atoms with Gasteiger partial charge in [0.1, 0.15) is 6.10 Å². The van der Waals surface area contributed by atoms with Crippen LogP contribution in [0.3, 0.4) is 0 Å². The van der Waals surface area contributed by atoms with Crippen LogP contribution in [0.4, 0.5) is 5.69 Å². The van der Waals surface area contributed by atoms with Gasteiger partial charge in [0.05, 0.1) is 31.4 Å². The molecule has 2 aliphatic heterocycles. The van der Waals surface area contributed by atoms with Crippen LogP contribution in [-0.2, 0) is 34.2 Å². The minimum absolute atomic E-state index is 0.0128. The minimum atomic E-state index is -2.00. The molecule has 1 saturated heterocycles. The predicted molar refractivity (Wildman–Crippen MR) is 129 cm³/mol. The van der Waals surface area contributed by atoms with Crippen LogP contribution >= 0.6 is 15.9 Å². The number of anilines is 1. The van der Waals surface area contributed by atoms with E-state index >= 15 is 0 Å². The average Bonchev–Trinajstić information content (AvgIpc) is 3.26. The van der Waals surface area contributed by atoms with Crippen LogP contribution in [0.25, 0.3) is 0 Å². The molecule has 182 valence electrons. The Bertz CT molecular complexity index is 1210. The van der Waals surface area contributed by atoms with Gasteiger partial charge < -0.3 is 19.1 Å². The molecule has 4 atom stereocenters. The summed E-state index contributed by atoms with van der Waals surface area (Å²) in [6.07, 6.45) is -1.57. The normalized spacial score (nSPS) is 26.9. The third-order valence-electron chi connectivity index (χ3n) is 6.69. The van der Waals surface area contributed by atoms with Gasteiger partial charge in [-0.2, -0.15) is 5.26 Å². The maximum atomic E-state index is 13.9. The average molecular weight is 541 g/mol. The lowest BCUT2D eigenvalue weighted by molar-refractivity contribution is -0.157. The van der Waals surface area contributed by atoms with Crippen molar-refractivity contribution in [1.29, 1.82) is 5.26 Å². The first-order chi connectivity index (χ1) is 16.8. The highest BCUT2D eigenvalue weighted by molar-refractivity contribution is 9.10. The minimum Gasteiger partial charge on any atom is -0.466 e. The topological polar surface area (TPSA) is 106 Å². The van der Waals surface area contributed by atoms with E-state index in [2.05, 4.69) is 22.0 Å². The predicted octanol–water partition coefficient (Wildman–Crippen LogP) is 4.03. The van der Waals surface area contributed by atoms with Crippen LogP contribution < -0.4 is 4.90 Å². The van der Waals surface area contributed by atoms with E-state index in [1.165, 1.54) is 4.90 Å². The fourth-order valence-corrected chi connectivity index (χ4v) is 5.48. The lowest BCUT2D eigenvalue weighted by Crippen LogP contribution is -2.49. The summed E-state index contributed by atoms with van der Waals surface area (Å²) in [5, 5.41) is 10.6. The van der Waals surface area contributed by atoms with Crippen LogP contribution in [0.5, 0.6) is 0 Å². The molecule has 1 amide bonds. The molecule has 4 rings (SSSR count). The van der Waals surface area contributed by atoms with Crippen molar-refractivity contribution in [2.75, 3.05) is 25.2 Å². The molecule has 2 heterocycles. The summed E-state index contributed by atoms with van der Waals surface area (Å²) >= 11 is 3.39. The highest BCUT2D eigenvalue weighted by atomic mass is 79.9. The number of fused-ring (bicyclic) bond motifs is 2. The van der Waals surface area contributed by atoms with Crippen LogP contribution in [0, 0.1) is 22.7 Å². The van der Waals surface area contributed by atoms with Crippen molar-refractivity contribution in [2.24, 2.45) is 11.3 Å². The van der Waals surface area contributed by atoms with Gasteiger partial charge in [-0.1, -0.05) is 46.3 Å². The fourth-order valence-electron chi connectivity index (χ4n) is 5.21. The molecule has 0 bridgehead atoms. The van der Waals surface area contributed by atoms with Gasteiger partial charge >= 0.3 is 11.9 Å². The molecule has 2 aromatic rings. The number of amides is 1. The maximum Gasteiger partial charge on any atom is 0.330 e. The van der Waals surface area contributed by atoms with Crippen LogP contribution in [-0.4, -0.2) is 38.1 Å². The summed E-state index contributed by atoms with van der Waals surface area (Å²) in [5.74, 6) is -3.15. The number of carbonyl (C=O) groups excluding carboxylic acids is 3. The Labute approximate surface area is 211 Å². The molecule has 0 saturated carbocycles. The standard InChI is InChI=1S/C26H25BrN2O6/c1-4-33-21(30)14-20-25(15-28,24(32)34-5-2)22(16-10-12-17(27)13-11-16)35-26(20)18-8-6-7-9-19(18)29(3)23(26)31/h6-13,20,22H,4-5,14H2,1-3H3/t20-,22+,25-,26-/m0/s1. The molecule has 0 aromatic heterocycles. The number of esters is 2. The zero-order chi connectivity index (χ0) is 25.4. The Kier molecular flexibility index (Phi) is 6.71. The highest BCUT2D eigenvalue weighted by Crippen LogP contribution is 2.65. The Morgan fingerprint density at radius 2 is 1.77 bits per heavy atom. The SMILES string of the molecule is CCOC(=O)C[C@H]1[C@](C#N)(C(=O)OCC)[C@@H](c2ccc(Br)cc2)O[C@]12C(=O)N(C)c1ccccc12. The summed E-state index contributed by atoms with van der Waals surface area (Å²) in [4.78, 5) is 41.8. The van der Waals surface area contributed by atoms with Crippen LogP contribution in [0.2, 0.25) is 0 Å². The molecule has 35 heavy (non-hydrogen) atoms. The van der Waals surface area contributed by atoms with Gasteiger partial charge in [-0.3, -0.25) is 14.4 Å². The second kappa shape index (κ2) is 9.44. The Balaban J connectivity index is 2.03. The summed E-state index contributed by atoms with van der Waals surface area (Å²) in [7, 11) is 1.60. The van der Waals surface area contributed by atoms with Crippen LogP contribution in [0.1, 0.15) is 37.5 Å². The summed E-state index contributed by atoms with van der Waals surface area (Å²) < 4.78 is 18.0. The van der Waals surface area contributed by atoms with Gasteiger partial charge in [-0.05, 0) is 37.6 Å². The Hall–Kier alpha value is -3.22. The quantitative estimate of drug-likeness (QED) is 0.509. The largest absolute Gasteiger partial charge is 0.466 e. The van der Waals surface area contributed by atoms with E-state index in [0.29, 0.717) is 16.8 Å². The smallest absolute Gasteiger partial charge is 0.330 e. The number of ether oxygens (including phenoxy) is 3. The van der Waals surface area contributed by atoms with Gasteiger partial charge in [0, 0.05) is 23.0 Å². The van der Waals surface area contributed by atoms with Crippen molar-refractivity contribution >= 4 is 39.5 Å². The number of nitrogens with zero attached hydrogens (tertiary/aromatic N) is 2. The molecule has 0 unspecified atom stereocenters. The van der Waals surface area contributed by atoms with Crippen molar-refractivity contribution in [2.45, 2.75) is 32.0 Å². The van der Waals surface area contributed by atoms with E-state index in [9.17, 15) is 19.6 Å². The first-order valence-electron chi connectivity index (χ1n) is 11.3. The molecular weight excluding hydrogens is 516 g/mol. The number of rotatable bonds is 6. The summed E-state index contributed by atoms with van der Waals surface area (Å²) in [5.41, 5.74) is -2.18. The number of para-hydroxylation sites is 1. The third-order valence-corrected chi connectivity index (χ3v) is 7.22. The monoisotopic (exact) mass is 540 g/mol. The van der Waals surface area contributed by atoms with Gasteiger partial charge in [0.15, 0.2) is 11.0 Å². The molecule has 1 spiro atoms. The van der Waals surface area contributed by atoms with E-state index in [1.807, 2.05) is 0 Å². The molecular formula is C26H25BrN2O6. The number of halogens is 1. The first-order valence-corrected chi connectivity index (χ1v) is 12.1. The highest BCUT2D eigenvalue weighted by Gasteiger charge is 2.75. The molecule has 9 heteroatoms. The summed E-state index contributed by atoms with van der Waals surface area (Å²) in [6.45, 7) is 3.42. The Morgan fingerprint density at radius 3 is 2.40 bits per heavy atom. The summed E-state index contributed by atoms with van der Waals surface area (Å²) in [6, 6.07) is 16.1. The molecule has 2 aliphatic rings. The number of carbonyl (C=O) groups is 3. The van der Waals surface area contributed by atoms with E-state index in [0.717, 1.165) is 4.47 Å². The molecule has 8 nitrogen and oxygen atoms in total. The number of hydrogen-bond acceptors (Lipinski definition) is 7. The lowest BCUT2D eigenvalue weighted by atomic mass is 9.64. The second-order valence-corrected chi connectivity index (χ2v) is 9.35. The number of likely N-dealkylation sites (N-methyl/N-ethyl adjacent to an activating group) is 1. The number of nitriles is 1. The molecule has 0 N–H and O–H groups in total. The van der Waals surface area contributed by atoms with E-state index < -0.39 is 40.9 Å². The van der Waals surface area contributed by atoms with Gasteiger partial charge in [0.25, 0.3) is 5.91 Å². The number of benzene rings is 2. The van der Waals surface area contributed by atoms with Gasteiger partial charge in [-0.15, -0.1) is 0 Å². The van der Waals surface area contributed by atoms with Gasteiger partial charge in [-0.25, -0.2) is 0 Å². The van der Waals surface area contributed by atoms with Crippen LogP contribution in [0.15, 0.2) is 53.0 Å². The molecule has 2 aromatic carbocycles. The van der Waals surface area contributed by atoms with E-state index in [-0.39, 0.29) is 19.6 Å². The first kappa shape index (κ1) is 24.9. The molecule has 1 fully saturated rings. The van der Waals surface area contributed by atoms with Crippen molar-refractivity contribution in [3.8, 4) is 6.07 Å². The zero-order valence-corrected chi connectivity index (χ0v) is 21.2. The van der Waals surface area contributed by atoms with E-state index in [4.69, 9.17) is 14.2 Å².